The van der Waals surface area contributed by atoms with Crippen LogP contribution in [0.15, 0.2) is 121 Å². The van der Waals surface area contributed by atoms with Gasteiger partial charge in [0.1, 0.15) is 11.5 Å². The highest BCUT2D eigenvalue weighted by Gasteiger charge is 2.47. The second kappa shape index (κ2) is 12.3. The quantitative estimate of drug-likeness (QED) is 0.163. The fraction of sp³-hybridized carbons (Fsp3) is 0.250. The van der Waals surface area contributed by atoms with Gasteiger partial charge in [-0.2, -0.15) is 0 Å². The molecule has 0 atom stereocenters. The molecule has 60 heavy (non-hydrogen) atoms. The topological polar surface area (TPSA) is 17.4 Å². The third kappa shape index (κ3) is 5.15. The lowest BCUT2D eigenvalue weighted by Gasteiger charge is -2.42. The van der Waals surface area contributed by atoms with Crippen molar-refractivity contribution in [2.24, 2.45) is 0 Å². The molecule has 0 amide bonds. The minimum atomic E-state index is -0.282. The van der Waals surface area contributed by atoms with Gasteiger partial charge in [-0.15, -0.1) is 0 Å². The van der Waals surface area contributed by atoms with Crippen molar-refractivity contribution in [3.63, 3.8) is 0 Å². The average molecular weight is 781 g/mol. The number of nitrogens with zero attached hydrogens (tertiary/aromatic N) is 2. The largest absolute Gasteiger partial charge is 0.456 e. The van der Waals surface area contributed by atoms with Crippen molar-refractivity contribution < 1.29 is 4.74 Å². The van der Waals surface area contributed by atoms with Gasteiger partial charge >= 0.3 is 0 Å². The lowest BCUT2D eigenvalue weighted by Crippen LogP contribution is -2.60. The van der Waals surface area contributed by atoms with Crippen LogP contribution in [-0.2, 0) is 16.2 Å². The lowest BCUT2D eigenvalue weighted by atomic mass is 9.33. The molecule has 2 aliphatic heterocycles. The molecule has 0 bridgehead atoms. The molecule has 4 heteroatoms. The number of aryl methyl sites for hydroxylation is 3. The molecule has 11 rings (SSSR count). The number of rotatable bonds is 2. The Balaban J connectivity index is 1.28. The summed E-state index contributed by atoms with van der Waals surface area (Å²) in [6.45, 7) is 25.2. The number of ether oxygens (including phenoxy) is 1. The van der Waals surface area contributed by atoms with Crippen molar-refractivity contribution >= 4 is 62.0 Å². The molecule has 1 aliphatic carbocycles. The van der Waals surface area contributed by atoms with Crippen molar-refractivity contribution in [2.45, 2.75) is 92.4 Å². The maximum Gasteiger partial charge on any atom is 0.256 e. The van der Waals surface area contributed by atoms with Crippen molar-refractivity contribution in [2.75, 3.05) is 4.90 Å². The lowest BCUT2D eigenvalue weighted by molar-refractivity contribution is 0.482. The zero-order valence-corrected chi connectivity index (χ0v) is 36.9. The Morgan fingerprint density at radius 1 is 0.567 bits per heavy atom. The van der Waals surface area contributed by atoms with E-state index in [9.17, 15) is 0 Å². The van der Waals surface area contributed by atoms with Crippen molar-refractivity contribution in [1.29, 1.82) is 0 Å². The van der Waals surface area contributed by atoms with Crippen molar-refractivity contribution in [3.05, 3.63) is 160 Å². The van der Waals surface area contributed by atoms with Gasteiger partial charge in [-0.05, 0) is 142 Å². The van der Waals surface area contributed by atoms with Gasteiger partial charge in [0.15, 0.2) is 0 Å². The van der Waals surface area contributed by atoms with Gasteiger partial charge < -0.3 is 14.2 Å². The smallest absolute Gasteiger partial charge is 0.256 e. The first-order valence-corrected chi connectivity index (χ1v) is 21.7. The van der Waals surface area contributed by atoms with Crippen LogP contribution in [-0.4, -0.2) is 11.3 Å². The van der Waals surface area contributed by atoms with Gasteiger partial charge in [0, 0.05) is 33.2 Å². The summed E-state index contributed by atoms with van der Waals surface area (Å²) < 4.78 is 10.2. The van der Waals surface area contributed by atoms with Crippen LogP contribution < -0.4 is 26.0 Å². The summed E-state index contributed by atoms with van der Waals surface area (Å²) >= 11 is 0. The summed E-state index contributed by atoms with van der Waals surface area (Å²) in [7, 11) is 0. The van der Waals surface area contributed by atoms with Crippen LogP contribution >= 0.6 is 0 Å². The van der Waals surface area contributed by atoms with Crippen LogP contribution in [0.1, 0.15) is 94.3 Å². The van der Waals surface area contributed by atoms with E-state index in [-0.39, 0.29) is 23.0 Å². The molecule has 3 nitrogen and oxygen atoms in total. The van der Waals surface area contributed by atoms with Gasteiger partial charge in [0.25, 0.3) is 6.71 Å². The molecule has 1 aromatic heterocycles. The number of anilines is 3. The Hall–Kier alpha value is -6.00. The molecular weight excluding hydrogens is 727 g/mol. The number of hydrogen-bond donors (Lipinski definition) is 0. The third-order valence-electron chi connectivity index (χ3n) is 13.9. The van der Waals surface area contributed by atoms with Crippen LogP contribution in [0, 0.1) is 20.8 Å². The summed E-state index contributed by atoms with van der Waals surface area (Å²) in [5.74, 6) is 1.89. The highest BCUT2D eigenvalue weighted by Crippen LogP contribution is 2.55. The Kier molecular flexibility index (Phi) is 7.59. The van der Waals surface area contributed by atoms with E-state index in [0.717, 1.165) is 22.9 Å². The highest BCUT2D eigenvalue weighted by atomic mass is 16.5. The predicted octanol–water partition coefficient (Wildman–Crippen LogP) is 13.0. The number of benzene rings is 7. The molecule has 0 N–H and O–H groups in total. The molecule has 0 unspecified atom stereocenters. The number of aromatic nitrogens is 1. The molecular formula is C56H53BN2O. The average Bonchev–Trinajstić information content (AvgIpc) is 3.63. The van der Waals surface area contributed by atoms with E-state index in [2.05, 4.69) is 207 Å². The van der Waals surface area contributed by atoms with Gasteiger partial charge in [-0.3, -0.25) is 0 Å². The molecule has 7 aromatic carbocycles. The van der Waals surface area contributed by atoms with Crippen LogP contribution in [0.4, 0.5) is 17.1 Å². The van der Waals surface area contributed by atoms with Crippen LogP contribution in [0.5, 0.6) is 11.5 Å². The minimum Gasteiger partial charge on any atom is -0.456 e. The summed E-state index contributed by atoms with van der Waals surface area (Å²) in [5.41, 5.74) is 22.3. The van der Waals surface area contributed by atoms with Crippen LogP contribution in [0.2, 0.25) is 0 Å². The highest BCUT2D eigenvalue weighted by molar-refractivity contribution is 6.99. The van der Waals surface area contributed by atoms with Crippen molar-refractivity contribution in [1.82, 2.24) is 4.57 Å². The Labute approximate surface area is 355 Å². The molecule has 3 aliphatic rings. The second-order valence-electron chi connectivity index (χ2n) is 20.5. The molecule has 296 valence electrons. The molecule has 0 fully saturated rings. The minimum absolute atomic E-state index is 0.0378. The van der Waals surface area contributed by atoms with E-state index in [1.807, 2.05) is 0 Å². The molecule has 0 spiro atoms. The summed E-state index contributed by atoms with van der Waals surface area (Å²) in [5, 5.41) is 2.54. The maximum absolute atomic E-state index is 7.64. The Morgan fingerprint density at radius 3 is 1.85 bits per heavy atom. The zero-order valence-electron chi connectivity index (χ0n) is 36.9. The third-order valence-corrected chi connectivity index (χ3v) is 13.9. The second-order valence-corrected chi connectivity index (χ2v) is 20.5. The normalized spacial score (nSPS) is 14.8. The standard InChI is InChI=1S/C56H53BN2O/c1-32-16-23-45-39(26-32)40-27-33(2)17-24-46(40)59(45)52-50-41(38-14-12-13-15-42(38)56(50,10)11)31-44-53(52)60-49-29-34(3)28-48-51(49)57(44)43-30-36(55(7,8)9)20-25-47(43)58(48)37-21-18-35(19-22-37)54(4,5)6/h12-31H,1-11H3. The number of hydrogen-bond acceptors (Lipinski definition) is 2. The van der Waals surface area contributed by atoms with Crippen LogP contribution in [0.25, 0.3) is 38.6 Å². The monoisotopic (exact) mass is 780 g/mol. The van der Waals surface area contributed by atoms with Gasteiger partial charge in [-0.25, -0.2) is 0 Å². The Morgan fingerprint density at radius 2 is 1.20 bits per heavy atom. The summed E-state index contributed by atoms with van der Waals surface area (Å²) in [6.07, 6.45) is 0. The fourth-order valence-corrected chi connectivity index (χ4v) is 10.8. The van der Waals surface area contributed by atoms with E-state index in [0.29, 0.717) is 0 Å². The van der Waals surface area contributed by atoms with E-state index < -0.39 is 0 Å². The fourth-order valence-electron chi connectivity index (χ4n) is 10.8. The SMILES string of the molecule is Cc1cc2c3c(c1)N(c1ccc(C(C)(C)C)cc1)c1ccc(C(C)(C)C)cc1B3c1cc3c(c(-n4c5ccc(C)cc5c5cc(C)ccc54)c1O2)C(C)(C)c1ccccc1-3. The van der Waals surface area contributed by atoms with Crippen molar-refractivity contribution in [3.8, 4) is 28.3 Å². The first-order chi connectivity index (χ1) is 28.5. The molecule has 0 saturated heterocycles. The number of fused-ring (bicyclic) bond motifs is 10. The van der Waals surface area contributed by atoms with E-state index in [1.54, 1.807) is 0 Å². The summed E-state index contributed by atoms with van der Waals surface area (Å²) in [6, 6.07) is 46.6. The molecule has 3 heterocycles. The first kappa shape index (κ1) is 37.0. The molecule has 0 radical (unpaired) electrons. The molecule has 0 saturated carbocycles. The predicted molar refractivity (Wildman–Crippen MR) is 256 cm³/mol. The zero-order chi connectivity index (χ0) is 41.8. The van der Waals surface area contributed by atoms with E-state index in [1.165, 1.54) is 99.6 Å². The van der Waals surface area contributed by atoms with Gasteiger partial charge in [0.2, 0.25) is 0 Å². The van der Waals surface area contributed by atoms with E-state index in [4.69, 9.17) is 4.74 Å². The maximum atomic E-state index is 7.64. The van der Waals surface area contributed by atoms with Gasteiger partial charge in [-0.1, -0.05) is 133 Å². The first-order valence-electron chi connectivity index (χ1n) is 21.7. The van der Waals surface area contributed by atoms with E-state index >= 15 is 0 Å². The van der Waals surface area contributed by atoms with Crippen LogP contribution in [0.3, 0.4) is 0 Å². The Bertz CT molecular complexity index is 3090. The van der Waals surface area contributed by atoms with Gasteiger partial charge in [0.05, 0.1) is 16.7 Å². The molecule has 8 aromatic rings. The summed E-state index contributed by atoms with van der Waals surface area (Å²) in [4.78, 5) is 2.50.